The Bertz CT molecular complexity index is 1400. The SMILES string of the molecule is COc1cccc2c(C(=O)NCc3cccc(Cl)c3)cn(CCCN3CCN(CCOc4ccccc4)CC3)c12. The average Bonchev–Trinajstić information content (AvgIpc) is 3.36. The smallest absolute Gasteiger partial charge is 0.253 e. The van der Waals surface area contributed by atoms with Gasteiger partial charge in [-0.25, -0.2) is 0 Å². The maximum Gasteiger partial charge on any atom is 0.253 e. The zero-order valence-corrected chi connectivity index (χ0v) is 23.8. The van der Waals surface area contributed by atoms with Crippen LogP contribution in [0.3, 0.4) is 0 Å². The third-order valence-electron chi connectivity index (χ3n) is 7.43. The van der Waals surface area contributed by atoms with Crippen LogP contribution in [0.5, 0.6) is 11.5 Å². The van der Waals surface area contributed by atoms with Crippen molar-refractivity contribution in [2.24, 2.45) is 0 Å². The van der Waals surface area contributed by atoms with Gasteiger partial charge in [0.2, 0.25) is 0 Å². The van der Waals surface area contributed by atoms with Gasteiger partial charge < -0.3 is 24.3 Å². The second-order valence-corrected chi connectivity index (χ2v) is 10.5. The predicted octanol–water partition coefficient (Wildman–Crippen LogP) is 5.32. The zero-order valence-electron chi connectivity index (χ0n) is 23.0. The van der Waals surface area contributed by atoms with Gasteiger partial charge >= 0.3 is 0 Å². The van der Waals surface area contributed by atoms with Gasteiger partial charge in [-0.2, -0.15) is 0 Å². The first-order valence-corrected chi connectivity index (χ1v) is 14.3. The molecule has 3 aromatic carbocycles. The quantitative estimate of drug-likeness (QED) is 0.254. The van der Waals surface area contributed by atoms with Gasteiger partial charge in [-0.1, -0.05) is 54.1 Å². The van der Waals surface area contributed by atoms with E-state index in [1.807, 2.05) is 79.0 Å². The number of hydrogen-bond donors (Lipinski definition) is 1. The van der Waals surface area contributed by atoms with Crippen LogP contribution < -0.4 is 14.8 Å². The number of nitrogens with one attached hydrogen (secondary N) is 1. The summed E-state index contributed by atoms with van der Waals surface area (Å²) in [4.78, 5) is 18.2. The molecule has 4 aromatic rings. The van der Waals surface area contributed by atoms with Gasteiger partial charge in [0.05, 0.1) is 18.2 Å². The van der Waals surface area contributed by atoms with Crippen molar-refractivity contribution in [1.29, 1.82) is 0 Å². The third-order valence-corrected chi connectivity index (χ3v) is 7.66. The topological polar surface area (TPSA) is 59.0 Å². The van der Waals surface area contributed by atoms with Crippen molar-refractivity contribution < 1.29 is 14.3 Å². The van der Waals surface area contributed by atoms with Crippen molar-refractivity contribution >= 4 is 28.4 Å². The van der Waals surface area contributed by atoms with Crippen LogP contribution in [-0.2, 0) is 13.1 Å². The normalized spacial score (nSPS) is 14.3. The summed E-state index contributed by atoms with van der Waals surface area (Å²) in [5, 5.41) is 4.60. The second-order valence-electron chi connectivity index (χ2n) is 10.1. The molecule has 1 N–H and O–H groups in total. The first-order valence-electron chi connectivity index (χ1n) is 13.9. The molecule has 0 radical (unpaired) electrons. The Balaban J connectivity index is 1.14. The number of aryl methyl sites for hydroxylation is 1. The molecule has 1 aliphatic heterocycles. The van der Waals surface area contributed by atoms with Crippen LogP contribution in [-0.4, -0.2) is 73.3 Å². The van der Waals surface area contributed by atoms with Crippen molar-refractivity contribution in [3.8, 4) is 11.5 Å². The fraction of sp³-hybridized carbons (Fsp3) is 0.344. The molecular formula is C32H37ClN4O3. The van der Waals surface area contributed by atoms with Gasteiger partial charge in [-0.15, -0.1) is 0 Å². The number of rotatable bonds is 12. The van der Waals surface area contributed by atoms with Gasteiger partial charge in [0, 0.05) is 62.4 Å². The number of benzene rings is 3. The summed E-state index contributed by atoms with van der Waals surface area (Å²) >= 11 is 6.10. The number of carbonyl (C=O) groups excluding carboxylic acids is 1. The lowest BCUT2D eigenvalue weighted by atomic mass is 10.1. The molecule has 0 aliphatic carbocycles. The van der Waals surface area contributed by atoms with E-state index in [1.54, 1.807) is 7.11 Å². The highest BCUT2D eigenvalue weighted by Gasteiger charge is 2.19. The van der Waals surface area contributed by atoms with E-state index in [1.165, 1.54) is 0 Å². The van der Waals surface area contributed by atoms with Gasteiger partial charge in [0.25, 0.3) is 5.91 Å². The number of fused-ring (bicyclic) bond motifs is 1. The molecule has 1 saturated heterocycles. The van der Waals surface area contributed by atoms with Crippen LogP contribution in [0, 0.1) is 0 Å². The molecule has 1 fully saturated rings. The Morgan fingerprint density at radius 1 is 0.900 bits per heavy atom. The van der Waals surface area contributed by atoms with Crippen LogP contribution in [0.2, 0.25) is 5.02 Å². The standard InChI is InChI=1S/C32H37ClN4O3/c1-39-30-13-6-12-28-29(32(38)34-23-25-8-5-9-26(33)22-25)24-37(31(28)30)15-7-14-35-16-18-36(19-17-35)20-21-40-27-10-3-2-4-11-27/h2-6,8-13,22,24H,7,14-21,23H2,1H3,(H,34,38). The minimum absolute atomic E-state index is 0.107. The Hall–Kier alpha value is -3.52. The van der Waals surface area contributed by atoms with E-state index in [0.717, 1.165) is 80.2 Å². The van der Waals surface area contributed by atoms with E-state index in [9.17, 15) is 4.79 Å². The van der Waals surface area contributed by atoms with Gasteiger partial charge in [0.15, 0.2) is 0 Å². The van der Waals surface area contributed by atoms with Crippen molar-refractivity contribution in [2.75, 3.05) is 53.0 Å². The molecule has 2 heterocycles. The maximum atomic E-state index is 13.2. The molecule has 7 nitrogen and oxygen atoms in total. The van der Waals surface area contributed by atoms with Crippen LogP contribution >= 0.6 is 11.6 Å². The number of hydrogen-bond acceptors (Lipinski definition) is 5. The van der Waals surface area contributed by atoms with Crippen molar-refractivity contribution in [1.82, 2.24) is 19.7 Å². The predicted molar refractivity (Wildman–Crippen MR) is 161 cm³/mol. The molecule has 0 atom stereocenters. The summed E-state index contributed by atoms with van der Waals surface area (Å²) in [7, 11) is 1.68. The summed E-state index contributed by atoms with van der Waals surface area (Å²) in [5.41, 5.74) is 2.58. The van der Waals surface area contributed by atoms with E-state index in [0.29, 0.717) is 23.7 Å². The molecule has 40 heavy (non-hydrogen) atoms. The Morgan fingerprint density at radius 3 is 2.40 bits per heavy atom. The highest BCUT2D eigenvalue weighted by molar-refractivity contribution is 6.30. The number of carbonyl (C=O) groups is 1. The molecular weight excluding hydrogens is 524 g/mol. The minimum Gasteiger partial charge on any atom is -0.495 e. The molecule has 8 heteroatoms. The molecule has 1 aromatic heterocycles. The highest BCUT2D eigenvalue weighted by atomic mass is 35.5. The molecule has 0 saturated carbocycles. The summed E-state index contributed by atoms with van der Waals surface area (Å²) in [5.74, 6) is 1.60. The van der Waals surface area contributed by atoms with Crippen molar-refractivity contribution in [3.63, 3.8) is 0 Å². The van der Waals surface area contributed by atoms with Crippen molar-refractivity contribution in [2.45, 2.75) is 19.5 Å². The number of methoxy groups -OCH3 is 1. The lowest BCUT2D eigenvalue weighted by Crippen LogP contribution is -2.47. The molecule has 1 amide bonds. The number of ether oxygens (including phenoxy) is 2. The largest absolute Gasteiger partial charge is 0.495 e. The van der Waals surface area contributed by atoms with Gasteiger partial charge in [0.1, 0.15) is 18.1 Å². The van der Waals surface area contributed by atoms with Gasteiger partial charge in [-0.3, -0.25) is 9.69 Å². The van der Waals surface area contributed by atoms with E-state index >= 15 is 0 Å². The Labute approximate surface area is 241 Å². The van der Waals surface area contributed by atoms with Crippen LogP contribution in [0.15, 0.2) is 79.0 Å². The highest BCUT2D eigenvalue weighted by Crippen LogP contribution is 2.30. The Kier molecular flexibility index (Phi) is 9.60. The summed E-state index contributed by atoms with van der Waals surface area (Å²) in [6, 6.07) is 23.4. The number of halogens is 1. The van der Waals surface area contributed by atoms with Crippen LogP contribution in [0.1, 0.15) is 22.3 Å². The second kappa shape index (κ2) is 13.7. The number of nitrogens with zero attached hydrogens (tertiary/aromatic N) is 3. The first kappa shape index (κ1) is 28.0. The average molecular weight is 561 g/mol. The molecule has 1 aliphatic rings. The van der Waals surface area contributed by atoms with Gasteiger partial charge in [-0.05, 0) is 48.9 Å². The molecule has 210 valence electrons. The number of piperazine rings is 1. The maximum absolute atomic E-state index is 13.2. The van der Waals surface area contributed by atoms with Crippen LogP contribution in [0.4, 0.5) is 0 Å². The lowest BCUT2D eigenvalue weighted by Gasteiger charge is -2.34. The lowest BCUT2D eigenvalue weighted by molar-refractivity contribution is 0.0952. The number of amides is 1. The summed E-state index contributed by atoms with van der Waals surface area (Å²) in [6.45, 7) is 8.10. The third kappa shape index (κ3) is 7.16. The summed E-state index contributed by atoms with van der Waals surface area (Å²) in [6.07, 6.45) is 2.95. The molecule has 5 rings (SSSR count). The Morgan fingerprint density at radius 2 is 1.65 bits per heavy atom. The van der Waals surface area contributed by atoms with E-state index < -0.39 is 0 Å². The van der Waals surface area contributed by atoms with Crippen LogP contribution in [0.25, 0.3) is 10.9 Å². The fourth-order valence-electron chi connectivity index (χ4n) is 5.28. The zero-order chi connectivity index (χ0) is 27.7. The number of para-hydroxylation sites is 2. The van der Waals surface area contributed by atoms with E-state index in [2.05, 4.69) is 19.7 Å². The minimum atomic E-state index is -0.107. The fourth-order valence-corrected chi connectivity index (χ4v) is 5.50. The molecule has 0 bridgehead atoms. The molecule has 0 spiro atoms. The first-order chi connectivity index (χ1) is 19.6. The van der Waals surface area contributed by atoms with E-state index in [4.69, 9.17) is 21.1 Å². The summed E-state index contributed by atoms with van der Waals surface area (Å²) < 4.78 is 13.7. The number of aromatic nitrogens is 1. The molecule has 0 unspecified atom stereocenters. The monoisotopic (exact) mass is 560 g/mol. The van der Waals surface area contributed by atoms with E-state index in [-0.39, 0.29) is 5.91 Å². The van der Waals surface area contributed by atoms with Crippen molar-refractivity contribution in [3.05, 3.63) is 95.1 Å².